The molecule has 6 heteroatoms. The highest BCUT2D eigenvalue weighted by molar-refractivity contribution is 8.76. The maximum atomic E-state index is 11.2. The Balaban J connectivity index is 3.29. The van der Waals surface area contributed by atoms with Crippen molar-refractivity contribution in [2.75, 3.05) is 24.6 Å². The molecule has 0 bridgehead atoms. The summed E-state index contributed by atoms with van der Waals surface area (Å²) < 4.78 is 0. The fourth-order valence-corrected chi connectivity index (χ4v) is 2.92. The van der Waals surface area contributed by atoms with Gasteiger partial charge in [0, 0.05) is 37.4 Å². The summed E-state index contributed by atoms with van der Waals surface area (Å²) in [5, 5.41) is 5.42. The summed E-state index contributed by atoms with van der Waals surface area (Å²) in [6, 6.07) is 0. The van der Waals surface area contributed by atoms with Crippen LogP contribution in [0.5, 0.6) is 0 Å². The summed E-state index contributed by atoms with van der Waals surface area (Å²) in [5.41, 5.74) is 0. The van der Waals surface area contributed by atoms with Crippen LogP contribution in [-0.2, 0) is 9.59 Å². The molecule has 0 rings (SSSR count). The van der Waals surface area contributed by atoms with Crippen LogP contribution < -0.4 is 10.6 Å². The van der Waals surface area contributed by atoms with Crippen LogP contribution in [0, 0.1) is 0 Å². The van der Waals surface area contributed by atoms with Crippen LogP contribution >= 0.6 is 21.6 Å². The molecular formula is C12H20N2O2S2. The van der Waals surface area contributed by atoms with Gasteiger partial charge in [0.05, 0.1) is 0 Å². The summed E-state index contributed by atoms with van der Waals surface area (Å²) in [6.07, 6.45) is 4.30. The minimum absolute atomic E-state index is 0.0340. The fraction of sp³-hybridized carbons (Fsp3) is 0.500. The first-order valence-corrected chi connectivity index (χ1v) is 8.19. The summed E-state index contributed by atoms with van der Waals surface area (Å²) in [5.74, 6) is 1.57. The van der Waals surface area contributed by atoms with E-state index in [0.717, 1.165) is 11.5 Å². The second-order valence-electron chi connectivity index (χ2n) is 3.33. The van der Waals surface area contributed by atoms with Gasteiger partial charge in [-0.1, -0.05) is 33.7 Å². The molecule has 2 amide bonds. The predicted octanol–water partition coefficient (Wildman–Crippen LogP) is 1.75. The minimum atomic E-state index is 0.0340. The Morgan fingerprint density at radius 3 is 1.61 bits per heavy atom. The largest absolute Gasteiger partial charge is 0.353 e. The van der Waals surface area contributed by atoms with Crippen molar-refractivity contribution in [1.29, 1.82) is 0 Å². The summed E-state index contributed by atoms with van der Waals surface area (Å²) >= 11 is 0. The van der Waals surface area contributed by atoms with Crippen molar-refractivity contribution in [3.63, 3.8) is 0 Å². The summed E-state index contributed by atoms with van der Waals surface area (Å²) in [7, 11) is 3.22. The molecule has 2 N–H and O–H groups in total. The Bertz CT molecular complexity index is 255. The van der Waals surface area contributed by atoms with E-state index in [-0.39, 0.29) is 11.8 Å². The first-order chi connectivity index (χ1) is 8.70. The third-order valence-electron chi connectivity index (χ3n) is 1.80. The van der Waals surface area contributed by atoms with E-state index in [9.17, 15) is 9.59 Å². The topological polar surface area (TPSA) is 58.2 Å². The van der Waals surface area contributed by atoms with Crippen LogP contribution in [0.15, 0.2) is 25.3 Å². The maximum absolute atomic E-state index is 11.2. The predicted molar refractivity (Wildman–Crippen MR) is 80.6 cm³/mol. The lowest BCUT2D eigenvalue weighted by molar-refractivity contribution is -0.121. The van der Waals surface area contributed by atoms with E-state index in [1.54, 1.807) is 33.7 Å². The molecule has 0 radical (unpaired) electrons. The van der Waals surface area contributed by atoms with Gasteiger partial charge in [0.1, 0.15) is 0 Å². The zero-order valence-electron chi connectivity index (χ0n) is 10.4. The molecular weight excluding hydrogens is 268 g/mol. The summed E-state index contributed by atoms with van der Waals surface area (Å²) in [6.45, 7) is 8.07. The van der Waals surface area contributed by atoms with E-state index in [2.05, 4.69) is 23.8 Å². The van der Waals surface area contributed by atoms with Gasteiger partial charge in [-0.3, -0.25) is 9.59 Å². The molecule has 0 aromatic rings. The molecule has 0 aromatic heterocycles. The van der Waals surface area contributed by atoms with Crippen molar-refractivity contribution < 1.29 is 9.59 Å². The molecule has 0 unspecified atom stereocenters. The number of rotatable bonds is 11. The quantitative estimate of drug-likeness (QED) is 0.345. The zero-order chi connectivity index (χ0) is 13.6. The monoisotopic (exact) mass is 288 g/mol. The van der Waals surface area contributed by atoms with Crippen molar-refractivity contribution in [3.8, 4) is 0 Å². The van der Waals surface area contributed by atoms with Gasteiger partial charge in [-0.05, 0) is 0 Å². The number of amides is 2. The van der Waals surface area contributed by atoms with E-state index in [0.29, 0.717) is 25.9 Å². The number of carbonyl (C=O) groups is 2. The zero-order valence-corrected chi connectivity index (χ0v) is 12.1. The lowest BCUT2D eigenvalue weighted by Gasteiger charge is -2.03. The van der Waals surface area contributed by atoms with Crippen molar-refractivity contribution in [3.05, 3.63) is 25.3 Å². The molecule has 0 atom stereocenters. The molecule has 0 saturated heterocycles. The first kappa shape index (κ1) is 17.1. The Kier molecular flexibility index (Phi) is 12.0. The Hall–Kier alpha value is -0.880. The lowest BCUT2D eigenvalue weighted by atomic mass is 10.4. The fourth-order valence-electron chi connectivity index (χ4n) is 0.935. The number of hydrogen-bond acceptors (Lipinski definition) is 4. The molecule has 0 spiro atoms. The molecule has 0 fully saturated rings. The van der Waals surface area contributed by atoms with Crippen LogP contribution in [0.25, 0.3) is 0 Å². The number of hydrogen-bond donors (Lipinski definition) is 2. The SMILES string of the molecule is C=CCNC(=O)CCSSCCC(=O)NCC=C. The van der Waals surface area contributed by atoms with Crippen LogP contribution in [0.1, 0.15) is 12.8 Å². The molecule has 0 saturated carbocycles. The van der Waals surface area contributed by atoms with E-state index in [4.69, 9.17) is 0 Å². The standard InChI is InChI=1S/C12H20N2O2S2/c1-3-7-13-11(15)5-9-17-18-10-6-12(16)14-8-4-2/h3-4H,1-2,5-10H2,(H,13,15)(H,14,16). The van der Waals surface area contributed by atoms with E-state index < -0.39 is 0 Å². The van der Waals surface area contributed by atoms with Gasteiger partial charge in [-0.15, -0.1) is 13.2 Å². The third-order valence-corrected chi connectivity index (χ3v) is 4.20. The van der Waals surface area contributed by atoms with Gasteiger partial charge in [-0.25, -0.2) is 0 Å². The molecule has 0 aliphatic heterocycles. The van der Waals surface area contributed by atoms with E-state index in [1.807, 2.05) is 0 Å². The molecule has 4 nitrogen and oxygen atoms in total. The number of carbonyl (C=O) groups excluding carboxylic acids is 2. The van der Waals surface area contributed by atoms with Gasteiger partial charge < -0.3 is 10.6 Å². The Morgan fingerprint density at radius 1 is 0.889 bits per heavy atom. The highest BCUT2D eigenvalue weighted by Crippen LogP contribution is 2.22. The van der Waals surface area contributed by atoms with Crippen LogP contribution in [0.3, 0.4) is 0 Å². The van der Waals surface area contributed by atoms with Crippen molar-refractivity contribution in [2.24, 2.45) is 0 Å². The molecule has 0 aromatic carbocycles. The average Bonchev–Trinajstić information content (AvgIpc) is 2.37. The van der Waals surface area contributed by atoms with Crippen LogP contribution in [-0.4, -0.2) is 36.4 Å². The van der Waals surface area contributed by atoms with Crippen molar-refractivity contribution >= 4 is 33.4 Å². The molecule has 0 heterocycles. The smallest absolute Gasteiger partial charge is 0.221 e. The second kappa shape index (κ2) is 12.6. The Labute approximate surface area is 116 Å². The molecule has 0 aliphatic rings. The number of nitrogens with one attached hydrogen (secondary N) is 2. The average molecular weight is 288 g/mol. The maximum Gasteiger partial charge on any atom is 0.221 e. The van der Waals surface area contributed by atoms with Gasteiger partial charge in [0.15, 0.2) is 0 Å². The van der Waals surface area contributed by atoms with Gasteiger partial charge in [-0.2, -0.15) is 0 Å². The van der Waals surface area contributed by atoms with Crippen LogP contribution in [0.4, 0.5) is 0 Å². The second-order valence-corrected chi connectivity index (χ2v) is 6.03. The molecule has 18 heavy (non-hydrogen) atoms. The highest BCUT2D eigenvalue weighted by atomic mass is 33.1. The lowest BCUT2D eigenvalue weighted by Crippen LogP contribution is -2.23. The Morgan fingerprint density at radius 2 is 1.28 bits per heavy atom. The minimum Gasteiger partial charge on any atom is -0.353 e. The van der Waals surface area contributed by atoms with Gasteiger partial charge in [0.25, 0.3) is 0 Å². The molecule has 0 aliphatic carbocycles. The van der Waals surface area contributed by atoms with Gasteiger partial charge in [0.2, 0.25) is 11.8 Å². The molecule has 102 valence electrons. The van der Waals surface area contributed by atoms with Crippen molar-refractivity contribution in [1.82, 2.24) is 10.6 Å². The normalized spacial score (nSPS) is 9.56. The van der Waals surface area contributed by atoms with E-state index in [1.165, 1.54) is 0 Å². The van der Waals surface area contributed by atoms with E-state index >= 15 is 0 Å². The van der Waals surface area contributed by atoms with Crippen molar-refractivity contribution in [2.45, 2.75) is 12.8 Å². The third kappa shape index (κ3) is 11.6. The first-order valence-electron chi connectivity index (χ1n) is 5.70. The van der Waals surface area contributed by atoms with Gasteiger partial charge >= 0.3 is 0 Å². The van der Waals surface area contributed by atoms with Crippen LogP contribution in [0.2, 0.25) is 0 Å². The highest BCUT2D eigenvalue weighted by Gasteiger charge is 2.01. The summed E-state index contributed by atoms with van der Waals surface area (Å²) in [4.78, 5) is 22.4.